The van der Waals surface area contributed by atoms with Crippen molar-refractivity contribution in [1.29, 1.82) is 0 Å². The van der Waals surface area contributed by atoms with E-state index in [4.69, 9.17) is 10.5 Å². The highest BCUT2D eigenvalue weighted by Crippen LogP contribution is 2.41. The van der Waals surface area contributed by atoms with Crippen molar-refractivity contribution in [1.82, 2.24) is 4.90 Å². The molecule has 2 aromatic rings. The molecule has 3 nitrogen and oxygen atoms in total. The summed E-state index contributed by atoms with van der Waals surface area (Å²) in [5.74, 6) is 0.946. The number of ether oxygens (including phenoxy) is 1. The lowest BCUT2D eigenvalue weighted by atomic mass is 9.93. The van der Waals surface area contributed by atoms with Gasteiger partial charge in [-0.1, -0.05) is 30.3 Å². The first-order valence-electron chi connectivity index (χ1n) is 7.70. The van der Waals surface area contributed by atoms with Crippen molar-refractivity contribution in [3.63, 3.8) is 0 Å². The normalized spacial score (nSPS) is 23.1. The molecule has 1 saturated heterocycles. The summed E-state index contributed by atoms with van der Waals surface area (Å²) in [4.78, 5) is 2.50. The van der Waals surface area contributed by atoms with Gasteiger partial charge >= 0.3 is 0 Å². The summed E-state index contributed by atoms with van der Waals surface area (Å²) in [5, 5.41) is 2.50. The second-order valence-corrected chi connectivity index (χ2v) is 6.13. The topological polar surface area (TPSA) is 38.5 Å². The van der Waals surface area contributed by atoms with Gasteiger partial charge in [0.05, 0.1) is 13.2 Å². The van der Waals surface area contributed by atoms with Crippen LogP contribution in [0.25, 0.3) is 10.8 Å². The Morgan fingerprint density at radius 2 is 1.95 bits per heavy atom. The van der Waals surface area contributed by atoms with Gasteiger partial charge in [0.15, 0.2) is 0 Å². The summed E-state index contributed by atoms with van der Waals surface area (Å²) in [6.45, 7) is 5.53. The minimum Gasteiger partial charge on any atom is -0.496 e. The average molecular weight is 284 g/mol. The molecule has 21 heavy (non-hydrogen) atoms. The Morgan fingerprint density at radius 1 is 1.19 bits per heavy atom. The number of methoxy groups -OCH3 is 1. The van der Waals surface area contributed by atoms with Crippen LogP contribution in [0.15, 0.2) is 36.4 Å². The zero-order valence-corrected chi connectivity index (χ0v) is 13.0. The van der Waals surface area contributed by atoms with Crippen LogP contribution in [-0.2, 0) is 0 Å². The Labute approximate surface area is 126 Å². The second kappa shape index (κ2) is 5.66. The van der Waals surface area contributed by atoms with Gasteiger partial charge in [0.2, 0.25) is 0 Å². The summed E-state index contributed by atoms with van der Waals surface area (Å²) in [6, 6.07) is 13.6. The van der Waals surface area contributed by atoms with Gasteiger partial charge in [-0.25, -0.2) is 0 Å². The van der Waals surface area contributed by atoms with E-state index in [2.05, 4.69) is 55.1 Å². The Kier molecular flexibility index (Phi) is 3.87. The molecular formula is C18H24N2O. The number of rotatable bonds is 3. The highest BCUT2D eigenvalue weighted by Gasteiger charge is 2.36. The fraction of sp³-hybridized carbons (Fsp3) is 0.444. The van der Waals surface area contributed by atoms with E-state index >= 15 is 0 Å². The summed E-state index contributed by atoms with van der Waals surface area (Å²) >= 11 is 0. The van der Waals surface area contributed by atoms with Crippen LogP contribution in [0.2, 0.25) is 0 Å². The van der Waals surface area contributed by atoms with Crippen molar-refractivity contribution in [2.75, 3.05) is 13.7 Å². The Bertz CT molecular complexity index is 638. The van der Waals surface area contributed by atoms with Crippen molar-refractivity contribution >= 4 is 10.8 Å². The van der Waals surface area contributed by atoms with Crippen LogP contribution in [0.1, 0.15) is 31.9 Å². The number of nitrogens with zero attached hydrogens (tertiary/aromatic N) is 1. The van der Waals surface area contributed by atoms with Crippen molar-refractivity contribution in [2.45, 2.75) is 38.4 Å². The molecule has 0 amide bonds. The van der Waals surface area contributed by atoms with Crippen LogP contribution < -0.4 is 10.5 Å². The van der Waals surface area contributed by atoms with E-state index in [1.165, 1.54) is 16.3 Å². The van der Waals surface area contributed by atoms with Gasteiger partial charge < -0.3 is 10.5 Å². The molecule has 0 bridgehead atoms. The monoisotopic (exact) mass is 284 g/mol. The molecule has 1 heterocycles. The molecule has 2 atom stereocenters. The van der Waals surface area contributed by atoms with Crippen molar-refractivity contribution in [3.05, 3.63) is 42.0 Å². The molecule has 0 radical (unpaired) electrons. The van der Waals surface area contributed by atoms with E-state index < -0.39 is 0 Å². The molecule has 0 aliphatic carbocycles. The van der Waals surface area contributed by atoms with Gasteiger partial charge in [-0.05, 0) is 37.1 Å². The van der Waals surface area contributed by atoms with Gasteiger partial charge in [0.1, 0.15) is 5.75 Å². The molecule has 1 aliphatic rings. The standard InChI is InChI=1S/C18H24N2O/c1-12(2)20-11-10-15(19)18(20)17-14-7-5-4-6-13(14)8-9-16(17)21-3/h4-9,12,15,18H,10-11,19H2,1-3H3. The van der Waals surface area contributed by atoms with Gasteiger partial charge in [-0.2, -0.15) is 0 Å². The molecule has 2 N–H and O–H groups in total. The van der Waals surface area contributed by atoms with E-state index in [0.29, 0.717) is 6.04 Å². The van der Waals surface area contributed by atoms with Crippen molar-refractivity contribution in [3.8, 4) is 5.75 Å². The number of nitrogens with two attached hydrogens (primary N) is 1. The third-order valence-corrected chi connectivity index (χ3v) is 4.59. The van der Waals surface area contributed by atoms with E-state index in [9.17, 15) is 0 Å². The van der Waals surface area contributed by atoms with Gasteiger partial charge in [0, 0.05) is 24.2 Å². The number of hydrogen-bond acceptors (Lipinski definition) is 3. The third-order valence-electron chi connectivity index (χ3n) is 4.59. The molecule has 3 rings (SSSR count). The van der Waals surface area contributed by atoms with Crippen LogP contribution in [0.3, 0.4) is 0 Å². The SMILES string of the molecule is COc1ccc2ccccc2c1C1C(N)CCN1C(C)C. The highest BCUT2D eigenvalue weighted by atomic mass is 16.5. The summed E-state index contributed by atoms with van der Waals surface area (Å²) in [5.41, 5.74) is 7.70. The number of likely N-dealkylation sites (tertiary alicyclic amines) is 1. The molecule has 1 fully saturated rings. The van der Waals surface area contributed by atoms with Crippen LogP contribution in [0, 0.1) is 0 Å². The molecule has 1 aliphatic heterocycles. The fourth-order valence-corrected chi connectivity index (χ4v) is 3.56. The molecule has 0 aromatic heterocycles. The van der Waals surface area contributed by atoms with Gasteiger partial charge in [0.25, 0.3) is 0 Å². The maximum Gasteiger partial charge on any atom is 0.124 e. The summed E-state index contributed by atoms with van der Waals surface area (Å²) < 4.78 is 5.66. The Morgan fingerprint density at radius 3 is 2.67 bits per heavy atom. The number of fused-ring (bicyclic) bond motifs is 1. The largest absolute Gasteiger partial charge is 0.496 e. The third kappa shape index (κ3) is 2.41. The molecule has 0 saturated carbocycles. The maximum atomic E-state index is 6.46. The molecule has 3 heteroatoms. The molecule has 2 unspecified atom stereocenters. The lowest BCUT2D eigenvalue weighted by Crippen LogP contribution is -2.36. The highest BCUT2D eigenvalue weighted by molar-refractivity contribution is 5.88. The number of hydrogen-bond donors (Lipinski definition) is 1. The Hall–Kier alpha value is -1.58. The quantitative estimate of drug-likeness (QED) is 0.939. The molecule has 112 valence electrons. The van der Waals surface area contributed by atoms with Crippen LogP contribution in [0.4, 0.5) is 0 Å². The van der Waals surface area contributed by atoms with Crippen molar-refractivity contribution in [2.24, 2.45) is 5.73 Å². The first-order valence-corrected chi connectivity index (χ1v) is 7.70. The van der Waals surface area contributed by atoms with Gasteiger partial charge in [-0.15, -0.1) is 0 Å². The molecule has 0 spiro atoms. The van der Waals surface area contributed by atoms with Crippen molar-refractivity contribution < 1.29 is 4.74 Å². The first kappa shape index (κ1) is 14.4. The zero-order valence-electron chi connectivity index (χ0n) is 13.0. The lowest BCUT2D eigenvalue weighted by molar-refractivity contribution is 0.196. The lowest BCUT2D eigenvalue weighted by Gasteiger charge is -2.32. The number of benzene rings is 2. The van der Waals surface area contributed by atoms with E-state index in [1.807, 2.05) is 0 Å². The second-order valence-electron chi connectivity index (χ2n) is 6.13. The Balaban J connectivity index is 2.21. The summed E-state index contributed by atoms with van der Waals surface area (Å²) in [7, 11) is 1.74. The molecule has 2 aromatic carbocycles. The van der Waals surface area contributed by atoms with E-state index in [-0.39, 0.29) is 12.1 Å². The molecular weight excluding hydrogens is 260 g/mol. The smallest absolute Gasteiger partial charge is 0.124 e. The van der Waals surface area contributed by atoms with Gasteiger partial charge in [-0.3, -0.25) is 4.90 Å². The predicted molar refractivity (Wildman–Crippen MR) is 87.7 cm³/mol. The van der Waals surface area contributed by atoms with Crippen LogP contribution >= 0.6 is 0 Å². The zero-order chi connectivity index (χ0) is 15.0. The van der Waals surface area contributed by atoms with Crippen LogP contribution in [-0.4, -0.2) is 30.6 Å². The minimum atomic E-state index is 0.159. The first-order chi connectivity index (χ1) is 10.1. The summed E-state index contributed by atoms with van der Waals surface area (Å²) in [6.07, 6.45) is 1.04. The average Bonchev–Trinajstić information content (AvgIpc) is 2.87. The van der Waals surface area contributed by atoms with E-state index in [1.54, 1.807) is 7.11 Å². The minimum absolute atomic E-state index is 0.159. The predicted octanol–water partition coefficient (Wildman–Crippen LogP) is 3.33. The van der Waals surface area contributed by atoms with E-state index in [0.717, 1.165) is 18.7 Å². The maximum absolute atomic E-state index is 6.46. The van der Waals surface area contributed by atoms with Crippen LogP contribution in [0.5, 0.6) is 5.75 Å². The fourth-order valence-electron chi connectivity index (χ4n) is 3.56.